The molecule has 0 aliphatic carbocycles. The summed E-state index contributed by atoms with van der Waals surface area (Å²) in [5.74, 6) is 0.178. The van der Waals surface area contributed by atoms with Crippen LogP contribution in [0, 0.1) is 0 Å². The normalized spacial score (nSPS) is 24.6. The fraction of sp³-hybridized carbons (Fsp3) is 0.647. The maximum atomic E-state index is 12.5. The number of methoxy groups -OCH3 is 1. The second-order valence-corrected chi connectivity index (χ2v) is 7.24. The number of rotatable bonds is 5. The molecule has 2 atom stereocenters. The predicted molar refractivity (Wildman–Crippen MR) is 91.0 cm³/mol. The van der Waals surface area contributed by atoms with Gasteiger partial charge in [0.05, 0.1) is 25.2 Å². The third-order valence-electron chi connectivity index (χ3n) is 4.74. The fourth-order valence-electron chi connectivity index (χ4n) is 3.46. The number of morpholine rings is 1. The van der Waals surface area contributed by atoms with Crippen LogP contribution in [-0.4, -0.2) is 73.7 Å². The molecule has 2 fully saturated rings. The number of likely N-dealkylation sites (tertiary alicyclic amines) is 1. The van der Waals surface area contributed by atoms with Crippen LogP contribution in [0.2, 0.25) is 0 Å². The average molecular weight is 352 g/mol. The number of hydrogen-bond donors (Lipinski definition) is 0. The number of ether oxygens (including phenoxy) is 2. The quantitative estimate of drug-likeness (QED) is 0.798. The minimum absolute atomic E-state index is 0.0130. The first-order chi connectivity index (χ1) is 11.7. The maximum Gasteiger partial charge on any atom is 0.249 e. The molecular weight excluding hydrogens is 328 g/mol. The van der Waals surface area contributed by atoms with E-state index in [1.54, 1.807) is 18.4 Å². The van der Waals surface area contributed by atoms with Gasteiger partial charge in [-0.2, -0.15) is 0 Å². The molecule has 1 aromatic heterocycles. The summed E-state index contributed by atoms with van der Waals surface area (Å²) in [5.41, 5.74) is 0. The second kappa shape index (κ2) is 8.09. The highest BCUT2D eigenvalue weighted by atomic mass is 32.1. The van der Waals surface area contributed by atoms with Crippen molar-refractivity contribution in [2.24, 2.45) is 0 Å². The summed E-state index contributed by atoms with van der Waals surface area (Å²) < 4.78 is 10.9. The van der Waals surface area contributed by atoms with E-state index in [9.17, 15) is 9.59 Å². The standard InChI is InChI=1S/C17H24N2O4S/c1-22-9-8-19-14-4-6-18(7-5-15(14)23-12-17(19)21)16(20)11-13-3-2-10-24-13/h2-3,10,14-15H,4-9,11-12H2,1H3/t14-,15-/m0/s1. The molecule has 2 amide bonds. The van der Waals surface area contributed by atoms with Crippen molar-refractivity contribution in [1.29, 1.82) is 0 Å². The van der Waals surface area contributed by atoms with E-state index < -0.39 is 0 Å². The molecule has 3 heterocycles. The van der Waals surface area contributed by atoms with Crippen molar-refractivity contribution in [3.63, 3.8) is 0 Å². The molecule has 0 spiro atoms. The van der Waals surface area contributed by atoms with E-state index in [4.69, 9.17) is 9.47 Å². The molecule has 1 aromatic rings. The predicted octanol–water partition coefficient (Wildman–Crippen LogP) is 1.16. The van der Waals surface area contributed by atoms with Gasteiger partial charge in [-0.15, -0.1) is 11.3 Å². The minimum Gasteiger partial charge on any atom is -0.383 e. The van der Waals surface area contributed by atoms with E-state index >= 15 is 0 Å². The van der Waals surface area contributed by atoms with Crippen molar-refractivity contribution in [2.45, 2.75) is 31.4 Å². The van der Waals surface area contributed by atoms with E-state index in [0.29, 0.717) is 32.7 Å². The van der Waals surface area contributed by atoms with Crippen molar-refractivity contribution in [2.75, 3.05) is 40.0 Å². The zero-order chi connectivity index (χ0) is 16.9. The van der Waals surface area contributed by atoms with Crippen molar-refractivity contribution in [1.82, 2.24) is 9.80 Å². The summed E-state index contributed by atoms with van der Waals surface area (Å²) in [6, 6.07) is 4.01. The van der Waals surface area contributed by atoms with Gasteiger partial charge in [0.1, 0.15) is 6.61 Å². The van der Waals surface area contributed by atoms with Crippen LogP contribution < -0.4 is 0 Å². The van der Waals surface area contributed by atoms with E-state index in [0.717, 1.165) is 17.7 Å². The lowest BCUT2D eigenvalue weighted by Crippen LogP contribution is -2.55. The highest BCUT2D eigenvalue weighted by Crippen LogP contribution is 2.25. The molecule has 7 heteroatoms. The lowest BCUT2D eigenvalue weighted by atomic mass is 10.0. The lowest BCUT2D eigenvalue weighted by molar-refractivity contribution is -0.158. The Kier molecular flexibility index (Phi) is 5.86. The first-order valence-corrected chi connectivity index (χ1v) is 9.27. The van der Waals surface area contributed by atoms with Crippen LogP contribution in [0.25, 0.3) is 0 Å². The zero-order valence-electron chi connectivity index (χ0n) is 14.0. The van der Waals surface area contributed by atoms with E-state index in [2.05, 4.69) is 0 Å². The SMILES string of the molecule is COCCN1C(=O)CO[C@H]2CCN(C(=O)Cc3cccs3)CC[C@@H]21. The number of fused-ring (bicyclic) bond motifs is 1. The van der Waals surface area contributed by atoms with Crippen LogP contribution in [-0.2, 0) is 25.5 Å². The Morgan fingerprint density at radius 1 is 1.42 bits per heavy atom. The van der Waals surface area contributed by atoms with Gasteiger partial charge in [0, 0.05) is 31.6 Å². The van der Waals surface area contributed by atoms with Gasteiger partial charge in [0.15, 0.2) is 0 Å². The number of thiophene rings is 1. The molecule has 2 aliphatic rings. The minimum atomic E-state index is 0.0130. The molecule has 0 aromatic carbocycles. The Hall–Kier alpha value is -1.44. The number of hydrogen-bond acceptors (Lipinski definition) is 5. The largest absolute Gasteiger partial charge is 0.383 e. The molecule has 2 aliphatic heterocycles. The third-order valence-corrected chi connectivity index (χ3v) is 5.62. The van der Waals surface area contributed by atoms with Gasteiger partial charge in [-0.1, -0.05) is 6.07 Å². The molecule has 132 valence electrons. The molecule has 0 bridgehead atoms. The highest BCUT2D eigenvalue weighted by Gasteiger charge is 2.38. The van der Waals surface area contributed by atoms with E-state index in [1.807, 2.05) is 27.3 Å². The number of carbonyl (C=O) groups is 2. The van der Waals surface area contributed by atoms with Crippen molar-refractivity contribution in [3.05, 3.63) is 22.4 Å². The third kappa shape index (κ3) is 3.96. The summed E-state index contributed by atoms with van der Waals surface area (Å²) in [5, 5.41) is 1.99. The Labute approximate surface area is 146 Å². The first kappa shape index (κ1) is 17.4. The topological polar surface area (TPSA) is 59.1 Å². The summed E-state index contributed by atoms with van der Waals surface area (Å²) in [7, 11) is 1.64. The number of amides is 2. The smallest absolute Gasteiger partial charge is 0.249 e. The molecule has 3 rings (SSSR count). The van der Waals surface area contributed by atoms with E-state index in [-0.39, 0.29) is 30.6 Å². The summed E-state index contributed by atoms with van der Waals surface area (Å²) in [6.45, 7) is 2.61. The molecule has 6 nitrogen and oxygen atoms in total. The van der Waals surface area contributed by atoms with Gasteiger partial charge in [0.25, 0.3) is 0 Å². The monoisotopic (exact) mass is 352 g/mol. The lowest BCUT2D eigenvalue weighted by Gasteiger charge is -2.40. The van der Waals surface area contributed by atoms with Crippen molar-refractivity contribution < 1.29 is 19.1 Å². The Bertz CT molecular complexity index is 563. The Morgan fingerprint density at radius 2 is 2.25 bits per heavy atom. The summed E-state index contributed by atoms with van der Waals surface area (Å²) >= 11 is 1.61. The fourth-order valence-corrected chi connectivity index (χ4v) is 4.16. The van der Waals surface area contributed by atoms with Gasteiger partial charge in [0.2, 0.25) is 11.8 Å². The molecule has 0 unspecified atom stereocenters. The molecule has 24 heavy (non-hydrogen) atoms. The van der Waals surface area contributed by atoms with Crippen LogP contribution in [0.5, 0.6) is 0 Å². The molecule has 0 saturated carbocycles. The second-order valence-electron chi connectivity index (χ2n) is 6.21. The van der Waals surface area contributed by atoms with Crippen LogP contribution in [0.15, 0.2) is 17.5 Å². The molecular formula is C17H24N2O4S. The van der Waals surface area contributed by atoms with Gasteiger partial charge < -0.3 is 19.3 Å². The summed E-state index contributed by atoms with van der Waals surface area (Å²) in [4.78, 5) is 29.6. The van der Waals surface area contributed by atoms with Crippen LogP contribution in [0.1, 0.15) is 17.7 Å². The van der Waals surface area contributed by atoms with E-state index in [1.165, 1.54) is 0 Å². The van der Waals surface area contributed by atoms with Gasteiger partial charge >= 0.3 is 0 Å². The van der Waals surface area contributed by atoms with Gasteiger partial charge in [-0.05, 0) is 24.3 Å². The maximum absolute atomic E-state index is 12.5. The van der Waals surface area contributed by atoms with Crippen LogP contribution >= 0.6 is 11.3 Å². The highest BCUT2D eigenvalue weighted by molar-refractivity contribution is 7.10. The average Bonchev–Trinajstić information content (AvgIpc) is 2.98. The number of nitrogens with zero attached hydrogens (tertiary/aromatic N) is 2. The molecule has 2 saturated heterocycles. The first-order valence-electron chi connectivity index (χ1n) is 8.39. The van der Waals surface area contributed by atoms with Gasteiger partial charge in [-0.25, -0.2) is 0 Å². The summed E-state index contributed by atoms with van der Waals surface area (Å²) in [6.07, 6.45) is 2.01. The van der Waals surface area contributed by atoms with Crippen LogP contribution in [0.3, 0.4) is 0 Å². The Balaban J connectivity index is 1.62. The zero-order valence-corrected chi connectivity index (χ0v) is 14.8. The number of carbonyl (C=O) groups excluding carboxylic acids is 2. The van der Waals surface area contributed by atoms with Gasteiger partial charge in [-0.3, -0.25) is 9.59 Å². The molecule has 0 N–H and O–H groups in total. The Morgan fingerprint density at radius 3 is 3.00 bits per heavy atom. The van der Waals surface area contributed by atoms with Crippen molar-refractivity contribution in [3.8, 4) is 0 Å². The van der Waals surface area contributed by atoms with Crippen molar-refractivity contribution >= 4 is 23.2 Å². The molecule has 0 radical (unpaired) electrons. The van der Waals surface area contributed by atoms with Crippen LogP contribution in [0.4, 0.5) is 0 Å².